The van der Waals surface area contributed by atoms with Gasteiger partial charge < -0.3 is 4.74 Å². The predicted molar refractivity (Wildman–Crippen MR) is 92.9 cm³/mol. The Kier molecular flexibility index (Phi) is 3.46. The second-order valence-corrected chi connectivity index (χ2v) is 5.54. The number of nitrogens with zero attached hydrogens (tertiary/aromatic N) is 4. The molecule has 5 heteroatoms. The lowest BCUT2D eigenvalue weighted by molar-refractivity contribution is 0.415. The largest absolute Gasteiger partial charge is 0.497 e. The zero-order valence-electron chi connectivity index (χ0n) is 13.5. The average molecular weight is 316 g/mol. The van der Waals surface area contributed by atoms with Crippen molar-refractivity contribution in [1.82, 2.24) is 19.6 Å². The van der Waals surface area contributed by atoms with Crippen molar-refractivity contribution in [2.75, 3.05) is 7.11 Å². The van der Waals surface area contributed by atoms with Gasteiger partial charge in [-0.25, -0.2) is 4.98 Å². The van der Waals surface area contributed by atoms with Crippen molar-refractivity contribution in [3.63, 3.8) is 0 Å². The lowest BCUT2D eigenvalue weighted by Gasteiger charge is -2.08. The third kappa shape index (κ3) is 2.31. The molecule has 0 aliphatic rings. The molecule has 118 valence electrons. The first-order valence-electron chi connectivity index (χ1n) is 7.68. The molecule has 0 atom stereocenters. The normalized spacial score (nSPS) is 10.9. The summed E-state index contributed by atoms with van der Waals surface area (Å²) in [6.45, 7) is 2.10. The van der Waals surface area contributed by atoms with Crippen LogP contribution in [0.1, 0.15) is 5.56 Å². The fourth-order valence-electron chi connectivity index (χ4n) is 2.86. The Hall–Kier alpha value is -3.21. The third-order valence-corrected chi connectivity index (χ3v) is 4.09. The van der Waals surface area contributed by atoms with E-state index in [9.17, 15) is 0 Å². The number of aromatic nitrogens is 4. The number of methoxy groups -OCH3 is 1. The molecule has 0 N–H and O–H groups in total. The number of fused-ring (bicyclic) bond motifs is 1. The van der Waals surface area contributed by atoms with Gasteiger partial charge in [-0.15, -0.1) is 5.10 Å². The van der Waals surface area contributed by atoms with Crippen molar-refractivity contribution in [2.45, 2.75) is 6.92 Å². The van der Waals surface area contributed by atoms with E-state index in [-0.39, 0.29) is 0 Å². The number of aryl methyl sites for hydroxylation is 1. The standard InChI is InChI=1S/C19H16N4O/c1-13-5-3-4-6-16(13)18-17(14-7-9-15(24-2)10-8-14)21-19-22-20-11-12-23(18)19/h3-12H,1-2H3. The number of hydrogen-bond donors (Lipinski definition) is 0. The maximum Gasteiger partial charge on any atom is 0.254 e. The molecule has 0 fully saturated rings. The van der Waals surface area contributed by atoms with Crippen LogP contribution in [0.4, 0.5) is 0 Å². The van der Waals surface area contributed by atoms with E-state index in [1.165, 1.54) is 5.56 Å². The van der Waals surface area contributed by atoms with Gasteiger partial charge in [-0.3, -0.25) is 4.40 Å². The van der Waals surface area contributed by atoms with E-state index >= 15 is 0 Å². The zero-order valence-corrected chi connectivity index (χ0v) is 13.5. The first kappa shape index (κ1) is 14.4. The van der Waals surface area contributed by atoms with Crippen LogP contribution in [0.15, 0.2) is 60.9 Å². The first-order chi connectivity index (χ1) is 11.8. The van der Waals surface area contributed by atoms with Crippen LogP contribution in [0.5, 0.6) is 5.75 Å². The van der Waals surface area contributed by atoms with Gasteiger partial charge in [0.25, 0.3) is 5.78 Å². The molecule has 0 aliphatic heterocycles. The van der Waals surface area contributed by atoms with Gasteiger partial charge in [-0.2, -0.15) is 5.10 Å². The van der Waals surface area contributed by atoms with Crippen molar-refractivity contribution in [3.8, 4) is 28.3 Å². The van der Waals surface area contributed by atoms with E-state index in [0.29, 0.717) is 5.78 Å². The topological polar surface area (TPSA) is 52.3 Å². The zero-order chi connectivity index (χ0) is 16.5. The summed E-state index contributed by atoms with van der Waals surface area (Å²) in [5.41, 5.74) is 5.23. The highest BCUT2D eigenvalue weighted by atomic mass is 16.5. The summed E-state index contributed by atoms with van der Waals surface area (Å²) in [5.74, 6) is 1.40. The Morgan fingerprint density at radius 1 is 1.00 bits per heavy atom. The maximum atomic E-state index is 5.25. The second-order valence-electron chi connectivity index (χ2n) is 5.54. The van der Waals surface area contributed by atoms with Gasteiger partial charge in [0, 0.05) is 17.3 Å². The van der Waals surface area contributed by atoms with Crippen molar-refractivity contribution >= 4 is 5.78 Å². The highest BCUT2D eigenvalue weighted by Crippen LogP contribution is 2.34. The summed E-state index contributed by atoms with van der Waals surface area (Å²) >= 11 is 0. The Labute approximate surface area is 139 Å². The molecule has 0 saturated carbocycles. The third-order valence-electron chi connectivity index (χ3n) is 4.09. The van der Waals surface area contributed by atoms with Gasteiger partial charge in [0.2, 0.25) is 0 Å². The van der Waals surface area contributed by atoms with Crippen molar-refractivity contribution < 1.29 is 4.74 Å². The molecule has 0 unspecified atom stereocenters. The number of hydrogen-bond acceptors (Lipinski definition) is 4. The van der Waals surface area contributed by atoms with Crippen LogP contribution in [0.25, 0.3) is 28.3 Å². The van der Waals surface area contributed by atoms with Gasteiger partial charge >= 0.3 is 0 Å². The van der Waals surface area contributed by atoms with E-state index in [1.807, 2.05) is 47.0 Å². The number of rotatable bonds is 3. The van der Waals surface area contributed by atoms with E-state index in [1.54, 1.807) is 13.3 Å². The fraction of sp³-hybridized carbons (Fsp3) is 0.105. The van der Waals surface area contributed by atoms with Gasteiger partial charge in [0.15, 0.2) is 0 Å². The van der Waals surface area contributed by atoms with Crippen LogP contribution in [0.3, 0.4) is 0 Å². The van der Waals surface area contributed by atoms with E-state index in [0.717, 1.165) is 28.3 Å². The summed E-state index contributed by atoms with van der Waals surface area (Å²) in [6, 6.07) is 16.2. The molecule has 2 aromatic carbocycles. The number of ether oxygens (including phenoxy) is 1. The van der Waals surface area contributed by atoms with Gasteiger partial charge in [-0.1, -0.05) is 24.3 Å². The Morgan fingerprint density at radius 2 is 1.79 bits per heavy atom. The highest BCUT2D eigenvalue weighted by molar-refractivity contribution is 5.82. The quantitative estimate of drug-likeness (QED) is 0.577. The summed E-state index contributed by atoms with van der Waals surface area (Å²) in [6.07, 6.45) is 3.57. The smallest absolute Gasteiger partial charge is 0.254 e. The van der Waals surface area contributed by atoms with E-state index < -0.39 is 0 Å². The minimum atomic E-state index is 0.585. The summed E-state index contributed by atoms with van der Waals surface area (Å²) in [5, 5.41) is 8.11. The Bertz CT molecular complexity index is 1010. The number of benzene rings is 2. The van der Waals surface area contributed by atoms with Crippen LogP contribution < -0.4 is 4.74 Å². The van der Waals surface area contributed by atoms with E-state index in [2.05, 4.69) is 29.3 Å². The van der Waals surface area contributed by atoms with Crippen LogP contribution in [0, 0.1) is 6.92 Å². The van der Waals surface area contributed by atoms with Crippen LogP contribution in [0.2, 0.25) is 0 Å². The molecular weight excluding hydrogens is 300 g/mol. The maximum absolute atomic E-state index is 5.25. The van der Waals surface area contributed by atoms with Gasteiger partial charge in [0.1, 0.15) is 5.75 Å². The molecule has 0 radical (unpaired) electrons. The monoisotopic (exact) mass is 316 g/mol. The summed E-state index contributed by atoms with van der Waals surface area (Å²) in [7, 11) is 1.66. The van der Waals surface area contributed by atoms with E-state index in [4.69, 9.17) is 9.72 Å². The molecule has 0 saturated heterocycles. The molecular formula is C19H16N4O. The molecule has 0 bridgehead atoms. The lowest BCUT2D eigenvalue weighted by atomic mass is 10.0. The van der Waals surface area contributed by atoms with Crippen molar-refractivity contribution in [3.05, 3.63) is 66.5 Å². The molecule has 0 amide bonds. The van der Waals surface area contributed by atoms with Crippen molar-refractivity contribution in [1.29, 1.82) is 0 Å². The predicted octanol–water partition coefficient (Wildman–Crippen LogP) is 3.78. The van der Waals surface area contributed by atoms with Gasteiger partial charge in [0.05, 0.1) is 24.7 Å². The molecule has 5 nitrogen and oxygen atoms in total. The SMILES string of the molecule is COc1ccc(-c2nc3nnccn3c2-c2ccccc2C)cc1. The minimum Gasteiger partial charge on any atom is -0.497 e. The molecule has 0 spiro atoms. The van der Waals surface area contributed by atoms with Crippen LogP contribution in [-0.2, 0) is 0 Å². The van der Waals surface area contributed by atoms with Crippen LogP contribution in [-0.4, -0.2) is 26.7 Å². The Balaban J connectivity index is 2.01. The molecule has 2 aromatic heterocycles. The second kappa shape index (κ2) is 5.77. The summed E-state index contributed by atoms with van der Waals surface area (Å²) < 4.78 is 7.23. The lowest BCUT2D eigenvalue weighted by Crippen LogP contribution is -1.94. The van der Waals surface area contributed by atoms with Gasteiger partial charge in [-0.05, 0) is 36.8 Å². The highest BCUT2D eigenvalue weighted by Gasteiger charge is 2.17. The minimum absolute atomic E-state index is 0.585. The first-order valence-corrected chi connectivity index (χ1v) is 7.68. The van der Waals surface area contributed by atoms with Crippen molar-refractivity contribution in [2.24, 2.45) is 0 Å². The molecule has 4 aromatic rings. The molecule has 0 aliphatic carbocycles. The van der Waals surface area contributed by atoms with Crippen LogP contribution >= 0.6 is 0 Å². The Morgan fingerprint density at radius 3 is 2.54 bits per heavy atom. The molecule has 2 heterocycles. The fourth-order valence-corrected chi connectivity index (χ4v) is 2.86. The average Bonchev–Trinajstić information content (AvgIpc) is 3.01. The number of imidazole rings is 1. The molecule has 24 heavy (non-hydrogen) atoms. The molecule has 4 rings (SSSR count). The summed E-state index contributed by atoms with van der Waals surface area (Å²) in [4.78, 5) is 4.70.